The van der Waals surface area contributed by atoms with E-state index in [4.69, 9.17) is 9.15 Å². The smallest absolute Gasteiger partial charge is 0.303 e. The summed E-state index contributed by atoms with van der Waals surface area (Å²) >= 11 is 0. The van der Waals surface area contributed by atoms with E-state index in [1.807, 2.05) is 83.1 Å². The van der Waals surface area contributed by atoms with Crippen LogP contribution in [0.5, 0.6) is 5.75 Å². The average molecular weight is 555 g/mol. The summed E-state index contributed by atoms with van der Waals surface area (Å²) in [6.07, 6.45) is 0.937. The van der Waals surface area contributed by atoms with E-state index in [-0.39, 0.29) is 18.9 Å². The van der Waals surface area contributed by atoms with Crippen molar-refractivity contribution in [1.29, 1.82) is 0 Å². The van der Waals surface area contributed by atoms with E-state index in [1.54, 1.807) is 0 Å². The fourth-order valence-electron chi connectivity index (χ4n) is 5.08. The Balaban J connectivity index is 1.48. The fraction of sp³-hybridized carbons (Fsp3) is 0.324. The Morgan fingerprint density at radius 2 is 1.51 bits per heavy atom. The number of rotatable bonds is 11. The summed E-state index contributed by atoms with van der Waals surface area (Å²) in [6.45, 7) is 12.7. The molecule has 7 nitrogen and oxygen atoms in total. The van der Waals surface area contributed by atoms with Gasteiger partial charge in [-0.3, -0.25) is 9.59 Å². The minimum absolute atomic E-state index is 0.00486. The minimum Gasteiger partial charge on any atom is -0.493 e. The number of aliphatic carboxylic acids is 1. The van der Waals surface area contributed by atoms with Crippen LogP contribution in [0.15, 0.2) is 52.9 Å². The van der Waals surface area contributed by atoms with Crippen LogP contribution in [0.2, 0.25) is 0 Å². The molecule has 1 amide bonds. The summed E-state index contributed by atoms with van der Waals surface area (Å²) < 4.78 is 11.9. The number of carboxylic acids is 1. The largest absolute Gasteiger partial charge is 0.493 e. The molecule has 0 fully saturated rings. The van der Waals surface area contributed by atoms with E-state index in [9.17, 15) is 14.7 Å². The lowest BCUT2D eigenvalue weighted by Gasteiger charge is -2.19. The molecule has 0 saturated heterocycles. The summed E-state index contributed by atoms with van der Waals surface area (Å²) in [4.78, 5) is 29.3. The quantitative estimate of drug-likeness (QED) is 0.212. The number of hydrogen-bond donors (Lipinski definition) is 2. The number of carbonyl (C=O) groups is 2. The fourth-order valence-corrected chi connectivity index (χ4v) is 5.08. The summed E-state index contributed by atoms with van der Waals surface area (Å²) in [5.74, 6) is 0.981. The van der Waals surface area contributed by atoms with Gasteiger partial charge in [-0.1, -0.05) is 24.3 Å². The number of oxazole rings is 1. The zero-order valence-corrected chi connectivity index (χ0v) is 24.7. The Bertz CT molecular complexity index is 1540. The Morgan fingerprint density at radius 3 is 2.17 bits per heavy atom. The standard InChI is InChI=1S/C34H38N2O5/c1-20-21(2)23(4)32(24(5)22(20)3)33(39)35-19-28-18-29(14-12-26(28)13-15-31(37)38)40-17-16-30-25(6)41-34(36-30)27-10-8-7-9-11-27/h7-12,14,18H,13,15-17,19H2,1-6H3,(H,35,39)(H,37,38). The van der Waals surface area contributed by atoms with Gasteiger partial charge in [-0.25, -0.2) is 4.98 Å². The van der Waals surface area contributed by atoms with Crippen molar-refractivity contribution in [3.05, 3.63) is 104 Å². The summed E-state index contributed by atoms with van der Waals surface area (Å²) in [5.41, 5.74) is 9.55. The first kappa shape index (κ1) is 29.6. The zero-order chi connectivity index (χ0) is 29.7. The van der Waals surface area contributed by atoms with Crippen molar-refractivity contribution in [1.82, 2.24) is 10.3 Å². The van der Waals surface area contributed by atoms with Crippen LogP contribution in [-0.4, -0.2) is 28.6 Å². The highest BCUT2D eigenvalue weighted by Gasteiger charge is 2.19. The molecule has 4 rings (SSSR count). The van der Waals surface area contributed by atoms with E-state index in [1.165, 1.54) is 5.56 Å². The molecule has 0 atom stereocenters. The van der Waals surface area contributed by atoms with Gasteiger partial charge in [-0.15, -0.1) is 0 Å². The Hall–Kier alpha value is -4.39. The number of ether oxygens (including phenoxy) is 1. The second-order valence-corrected chi connectivity index (χ2v) is 10.5. The van der Waals surface area contributed by atoms with Crippen molar-refractivity contribution in [2.24, 2.45) is 0 Å². The molecule has 4 aromatic rings. The molecule has 3 aromatic carbocycles. The van der Waals surface area contributed by atoms with Gasteiger partial charge in [0.05, 0.1) is 12.3 Å². The molecule has 1 heterocycles. The highest BCUT2D eigenvalue weighted by molar-refractivity contribution is 5.98. The molecule has 0 radical (unpaired) electrons. The molecular weight excluding hydrogens is 516 g/mol. The molecular formula is C34H38N2O5. The van der Waals surface area contributed by atoms with Crippen LogP contribution in [0.4, 0.5) is 0 Å². The number of nitrogens with zero attached hydrogens (tertiary/aromatic N) is 1. The summed E-state index contributed by atoms with van der Waals surface area (Å²) in [7, 11) is 0. The van der Waals surface area contributed by atoms with Crippen LogP contribution in [0.1, 0.15) is 67.2 Å². The van der Waals surface area contributed by atoms with Crippen molar-refractivity contribution in [2.45, 2.75) is 67.3 Å². The zero-order valence-electron chi connectivity index (χ0n) is 24.7. The molecule has 0 spiro atoms. The maximum absolute atomic E-state index is 13.4. The molecule has 0 bridgehead atoms. The second-order valence-electron chi connectivity index (χ2n) is 10.5. The number of benzene rings is 3. The number of carbonyl (C=O) groups excluding carboxylic acids is 1. The number of aromatic nitrogens is 1. The molecule has 2 N–H and O–H groups in total. The molecule has 41 heavy (non-hydrogen) atoms. The SMILES string of the molecule is Cc1oc(-c2ccccc2)nc1CCOc1ccc(CCC(=O)O)c(CNC(=O)c2c(C)c(C)c(C)c(C)c2C)c1. The Labute approximate surface area is 241 Å². The van der Waals surface area contributed by atoms with Crippen molar-refractivity contribution < 1.29 is 23.8 Å². The first-order valence-electron chi connectivity index (χ1n) is 13.9. The van der Waals surface area contributed by atoms with E-state index in [0.29, 0.717) is 36.7 Å². The number of amides is 1. The number of hydrogen-bond acceptors (Lipinski definition) is 5. The predicted octanol–water partition coefficient (Wildman–Crippen LogP) is 6.76. The van der Waals surface area contributed by atoms with Crippen LogP contribution in [-0.2, 0) is 24.2 Å². The number of carboxylic acid groups (broad SMARTS) is 1. The number of nitrogens with one attached hydrogen (secondary N) is 1. The van der Waals surface area contributed by atoms with Crippen molar-refractivity contribution in [3.63, 3.8) is 0 Å². The van der Waals surface area contributed by atoms with Gasteiger partial charge in [-0.05, 0) is 111 Å². The lowest BCUT2D eigenvalue weighted by atomic mass is 9.89. The van der Waals surface area contributed by atoms with E-state index >= 15 is 0 Å². The van der Waals surface area contributed by atoms with Crippen LogP contribution in [0.3, 0.4) is 0 Å². The maximum Gasteiger partial charge on any atom is 0.303 e. The highest BCUT2D eigenvalue weighted by atomic mass is 16.5. The molecule has 0 aliphatic carbocycles. The first-order valence-corrected chi connectivity index (χ1v) is 13.9. The second kappa shape index (κ2) is 12.9. The monoisotopic (exact) mass is 554 g/mol. The van der Waals surface area contributed by atoms with Crippen LogP contribution in [0.25, 0.3) is 11.5 Å². The lowest BCUT2D eigenvalue weighted by molar-refractivity contribution is -0.136. The van der Waals surface area contributed by atoms with Gasteiger partial charge in [0.25, 0.3) is 5.91 Å². The molecule has 7 heteroatoms. The minimum atomic E-state index is -0.866. The molecule has 1 aromatic heterocycles. The van der Waals surface area contributed by atoms with Crippen molar-refractivity contribution >= 4 is 11.9 Å². The predicted molar refractivity (Wildman–Crippen MR) is 160 cm³/mol. The van der Waals surface area contributed by atoms with Gasteiger partial charge in [0.2, 0.25) is 5.89 Å². The summed E-state index contributed by atoms with van der Waals surface area (Å²) in [6, 6.07) is 15.4. The van der Waals surface area contributed by atoms with Crippen molar-refractivity contribution in [3.8, 4) is 17.2 Å². The maximum atomic E-state index is 13.4. The van der Waals surface area contributed by atoms with E-state index < -0.39 is 5.97 Å². The van der Waals surface area contributed by atoms with E-state index in [2.05, 4.69) is 17.2 Å². The number of aryl methyl sites for hydroxylation is 2. The highest BCUT2D eigenvalue weighted by Crippen LogP contribution is 2.27. The van der Waals surface area contributed by atoms with Crippen LogP contribution < -0.4 is 10.1 Å². The summed E-state index contributed by atoms with van der Waals surface area (Å²) in [5, 5.41) is 12.3. The normalized spacial score (nSPS) is 11.0. The molecule has 0 aliphatic heterocycles. The van der Waals surface area contributed by atoms with Gasteiger partial charge < -0.3 is 19.6 Å². The van der Waals surface area contributed by atoms with Gasteiger partial charge >= 0.3 is 5.97 Å². The molecule has 0 aliphatic rings. The van der Waals surface area contributed by atoms with Gasteiger partial charge in [-0.2, -0.15) is 0 Å². The van der Waals surface area contributed by atoms with Crippen LogP contribution >= 0.6 is 0 Å². The molecule has 0 saturated carbocycles. The third-order valence-corrected chi connectivity index (χ3v) is 7.97. The lowest BCUT2D eigenvalue weighted by Crippen LogP contribution is -2.26. The van der Waals surface area contributed by atoms with Gasteiger partial charge in [0.15, 0.2) is 0 Å². The van der Waals surface area contributed by atoms with Crippen molar-refractivity contribution in [2.75, 3.05) is 6.61 Å². The van der Waals surface area contributed by atoms with Crippen LogP contribution in [0, 0.1) is 41.5 Å². The van der Waals surface area contributed by atoms with Gasteiger partial charge in [0.1, 0.15) is 11.5 Å². The topological polar surface area (TPSA) is 102 Å². The van der Waals surface area contributed by atoms with Gasteiger partial charge in [0, 0.05) is 30.5 Å². The molecule has 214 valence electrons. The van der Waals surface area contributed by atoms with E-state index in [0.717, 1.165) is 50.4 Å². The first-order chi connectivity index (χ1) is 19.6. The Morgan fingerprint density at radius 1 is 0.854 bits per heavy atom. The average Bonchev–Trinajstić information content (AvgIpc) is 3.34. The Kier molecular flexibility index (Phi) is 9.28. The third-order valence-electron chi connectivity index (χ3n) is 7.97. The third kappa shape index (κ3) is 6.85. The molecule has 0 unspecified atom stereocenters.